The van der Waals surface area contributed by atoms with Crippen molar-refractivity contribution in [3.8, 4) is 0 Å². The number of aliphatic hydroxyl groups is 1. The van der Waals surface area contributed by atoms with Gasteiger partial charge in [-0.2, -0.15) is 5.10 Å². The van der Waals surface area contributed by atoms with Crippen LogP contribution in [0.4, 0.5) is 0 Å². The fourth-order valence-corrected chi connectivity index (χ4v) is 1.79. The van der Waals surface area contributed by atoms with E-state index in [-0.39, 0.29) is 0 Å². The van der Waals surface area contributed by atoms with Crippen molar-refractivity contribution in [2.75, 3.05) is 6.54 Å². The third kappa shape index (κ3) is 4.48. The number of nitrogens with zero attached hydrogens (tertiary/aromatic N) is 2. The van der Waals surface area contributed by atoms with Crippen molar-refractivity contribution in [1.29, 1.82) is 0 Å². The molecular formula is C13H25N3O. The zero-order chi connectivity index (χ0) is 13.1. The second-order valence-corrected chi connectivity index (χ2v) is 5.31. The fraction of sp³-hybridized carbons (Fsp3) is 0.769. The Morgan fingerprint density at radius 1 is 1.53 bits per heavy atom. The van der Waals surface area contributed by atoms with Gasteiger partial charge in [0, 0.05) is 31.7 Å². The van der Waals surface area contributed by atoms with Crippen molar-refractivity contribution in [2.45, 2.75) is 52.2 Å². The van der Waals surface area contributed by atoms with Gasteiger partial charge in [-0.05, 0) is 19.4 Å². The molecule has 0 amide bonds. The van der Waals surface area contributed by atoms with Gasteiger partial charge in [0.2, 0.25) is 0 Å². The third-order valence-corrected chi connectivity index (χ3v) is 2.84. The first-order valence-electron chi connectivity index (χ1n) is 6.31. The quantitative estimate of drug-likeness (QED) is 0.786. The van der Waals surface area contributed by atoms with Crippen molar-refractivity contribution >= 4 is 0 Å². The minimum Gasteiger partial charge on any atom is -0.388 e. The lowest BCUT2D eigenvalue weighted by Gasteiger charge is -2.25. The number of rotatable bonds is 6. The second-order valence-electron chi connectivity index (χ2n) is 5.31. The van der Waals surface area contributed by atoms with Gasteiger partial charge in [-0.3, -0.25) is 4.68 Å². The standard InChI is InChI=1S/C13H25N3O/c1-6-11-7-12(16(5)15-11)8-13(4,17)9-14-10(2)3/h7,10,14,17H,6,8-9H2,1-5H3. The van der Waals surface area contributed by atoms with Crippen molar-refractivity contribution in [2.24, 2.45) is 7.05 Å². The summed E-state index contributed by atoms with van der Waals surface area (Å²) in [5.74, 6) is 0. The van der Waals surface area contributed by atoms with Gasteiger partial charge >= 0.3 is 0 Å². The van der Waals surface area contributed by atoms with Gasteiger partial charge in [-0.25, -0.2) is 0 Å². The molecule has 17 heavy (non-hydrogen) atoms. The van der Waals surface area contributed by atoms with Gasteiger partial charge in [0.1, 0.15) is 0 Å². The Hall–Kier alpha value is -0.870. The van der Waals surface area contributed by atoms with E-state index in [4.69, 9.17) is 0 Å². The Bertz CT molecular complexity index is 356. The first-order chi connectivity index (χ1) is 7.84. The van der Waals surface area contributed by atoms with E-state index in [9.17, 15) is 5.11 Å². The maximum Gasteiger partial charge on any atom is 0.0798 e. The van der Waals surface area contributed by atoms with Crippen LogP contribution >= 0.6 is 0 Å². The molecule has 1 aromatic heterocycles. The van der Waals surface area contributed by atoms with Crippen LogP contribution in [-0.4, -0.2) is 33.1 Å². The van der Waals surface area contributed by atoms with Crippen LogP contribution in [0, 0.1) is 0 Å². The zero-order valence-corrected chi connectivity index (χ0v) is 11.6. The Kier molecular flexibility index (Phi) is 4.71. The smallest absolute Gasteiger partial charge is 0.0798 e. The molecule has 0 spiro atoms. The summed E-state index contributed by atoms with van der Waals surface area (Å²) in [4.78, 5) is 0. The molecule has 1 rings (SSSR count). The van der Waals surface area contributed by atoms with Crippen LogP contribution in [0.2, 0.25) is 0 Å². The van der Waals surface area contributed by atoms with Crippen LogP contribution in [0.1, 0.15) is 39.1 Å². The molecular weight excluding hydrogens is 214 g/mol. The number of aryl methyl sites for hydroxylation is 2. The Morgan fingerprint density at radius 3 is 2.65 bits per heavy atom. The topological polar surface area (TPSA) is 50.1 Å². The summed E-state index contributed by atoms with van der Waals surface area (Å²) in [6.07, 6.45) is 1.55. The summed E-state index contributed by atoms with van der Waals surface area (Å²) in [7, 11) is 1.93. The first kappa shape index (κ1) is 14.2. The van der Waals surface area contributed by atoms with E-state index >= 15 is 0 Å². The lowest BCUT2D eigenvalue weighted by atomic mass is 9.99. The third-order valence-electron chi connectivity index (χ3n) is 2.84. The first-order valence-corrected chi connectivity index (χ1v) is 6.31. The van der Waals surface area contributed by atoms with Gasteiger partial charge < -0.3 is 10.4 Å². The van der Waals surface area contributed by atoms with Gasteiger partial charge in [-0.15, -0.1) is 0 Å². The largest absolute Gasteiger partial charge is 0.388 e. The second kappa shape index (κ2) is 5.65. The summed E-state index contributed by atoms with van der Waals surface area (Å²) in [5, 5.41) is 18.0. The van der Waals surface area contributed by atoms with Crippen LogP contribution in [0.5, 0.6) is 0 Å². The van der Waals surface area contributed by atoms with Crippen LogP contribution < -0.4 is 5.32 Å². The Balaban J connectivity index is 2.65. The average molecular weight is 239 g/mol. The van der Waals surface area contributed by atoms with Gasteiger partial charge in [-0.1, -0.05) is 20.8 Å². The molecule has 2 N–H and O–H groups in total. The molecule has 1 atom stereocenters. The molecule has 4 nitrogen and oxygen atoms in total. The molecule has 1 aromatic rings. The van der Waals surface area contributed by atoms with E-state index in [1.807, 2.05) is 18.7 Å². The molecule has 0 radical (unpaired) electrons. The minimum atomic E-state index is -0.733. The molecule has 98 valence electrons. The lowest BCUT2D eigenvalue weighted by Crippen LogP contribution is -2.42. The van der Waals surface area contributed by atoms with E-state index < -0.39 is 5.60 Å². The molecule has 1 unspecified atom stereocenters. The summed E-state index contributed by atoms with van der Waals surface area (Å²) in [6.45, 7) is 8.70. The van der Waals surface area contributed by atoms with Crippen molar-refractivity contribution in [1.82, 2.24) is 15.1 Å². The van der Waals surface area contributed by atoms with E-state index in [2.05, 4.69) is 37.3 Å². The molecule has 1 heterocycles. The maximum absolute atomic E-state index is 10.3. The monoisotopic (exact) mass is 239 g/mol. The molecule has 0 aliphatic rings. The highest BCUT2D eigenvalue weighted by molar-refractivity contribution is 5.12. The van der Waals surface area contributed by atoms with Gasteiger partial charge in [0.05, 0.1) is 11.3 Å². The molecule has 0 bridgehead atoms. The Labute approximate surface area is 104 Å². The number of aromatic nitrogens is 2. The van der Waals surface area contributed by atoms with Crippen LogP contribution in [0.3, 0.4) is 0 Å². The lowest BCUT2D eigenvalue weighted by molar-refractivity contribution is 0.0562. The highest BCUT2D eigenvalue weighted by atomic mass is 16.3. The minimum absolute atomic E-state index is 0.388. The molecule has 0 aliphatic carbocycles. The average Bonchev–Trinajstić information content (AvgIpc) is 2.56. The van der Waals surface area contributed by atoms with E-state index in [0.717, 1.165) is 17.8 Å². The molecule has 0 aliphatic heterocycles. The van der Waals surface area contributed by atoms with Crippen molar-refractivity contribution in [3.05, 3.63) is 17.5 Å². The van der Waals surface area contributed by atoms with Gasteiger partial charge in [0.15, 0.2) is 0 Å². The predicted octanol–water partition coefficient (Wildman–Crippen LogP) is 1.27. The Morgan fingerprint density at radius 2 is 2.18 bits per heavy atom. The molecule has 0 aromatic carbocycles. The van der Waals surface area contributed by atoms with E-state index in [1.165, 1.54) is 0 Å². The van der Waals surface area contributed by atoms with Gasteiger partial charge in [0.25, 0.3) is 0 Å². The number of nitrogens with one attached hydrogen (secondary N) is 1. The highest BCUT2D eigenvalue weighted by Gasteiger charge is 2.23. The van der Waals surface area contributed by atoms with E-state index in [1.54, 1.807) is 0 Å². The summed E-state index contributed by atoms with van der Waals surface area (Å²) >= 11 is 0. The molecule has 0 saturated carbocycles. The highest BCUT2D eigenvalue weighted by Crippen LogP contribution is 2.13. The fourth-order valence-electron chi connectivity index (χ4n) is 1.79. The summed E-state index contributed by atoms with van der Waals surface area (Å²) in [5.41, 5.74) is 1.43. The molecule has 0 fully saturated rings. The van der Waals surface area contributed by atoms with Crippen LogP contribution in [0.15, 0.2) is 6.07 Å². The number of hydrogen-bond donors (Lipinski definition) is 2. The molecule has 0 saturated heterocycles. The normalized spacial score (nSPS) is 15.2. The van der Waals surface area contributed by atoms with Crippen LogP contribution in [0.25, 0.3) is 0 Å². The zero-order valence-electron chi connectivity index (χ0n) is 11.6. The van der Waals surface area contributed by atoms with Crippen LogP contribution in [-0.2, 0) is 19.9 Å². The van der Waals surface area contributed by atoms with Crippen molar-refractivity contribution < 1.29 is 5.11 Å². The summed E-state index contributed by atoms with van der Waals surface area (Å²) < 4.78 is 1.86. The maximum atomic E-state index is 10.3. The predicted molar refractivity (Wildman–Crippen MR) is 70.1 cm³/mol. The SMILES string of the molecule is CCc1cc(CC(C)(O)CNC(C)C)n(C)n1. The molecule has 4 heteroatoms. The van der Waals surface area contributed by atoms with E-state index in [0.29, 0.717) is 19.0 Å². The van der Waals surface area contributed by atoms with Crippen molar-refractivity contribution in [3.63, 3.8) is 0 Å². The summed E-state index contributed by atoms with van der Waals surface area (Å²) in [6, 6.07) is 2.46. The number of hydrogen-bond acceptors (Lipinski definition) is 3.